The number of benzene rings is 1. The second kappa shape index (κ2) is 5.78. The minimum Gasteiger partial charge on any atom is -0.508 e. The molecule has 0 radical (unpaired) electrons. The SMILES string of the molecule is CSC1(CNCc2cccc(O)c2)CCCC1. The zero-order valence-electron chi connectivity index (χ0n) is 10.4. The minimum absolute atomic E-state index is 0.352. The lowest BCUT2D eigenvalue weighted by Crippen LogP contribution is -2.34. The highest BCUT2D eigenvalue weighted by atomic mass is 32.2. The van der Waals surface area contributed by atoms with Crippen LogP contribution in [0.1, 0.15) is 31.2 Å². The minimum atomic E-state index is 0.352. The van der Waals surface area contributed by atoms with Crippen molar-refractivity contribution >= 4 is 11.8 Å². The summed E-state index contributed by atoms with van der Waals surface area (Å²) in [5.74, 6) is 0.352. The average molecular weight is 251 g/mol. The number of aromatic hydroxyl groups is 1. The molecule has 2 N–H and O–H groups in total. The number of phenolic OH excluding ortho intramolecular Hbond substituents is 1. The van der Waals surface area contributed by atoms with Crippen LogP contribution in [0.25, 0.3) is 0 Å². The molecule has 0 aliphatic heterocycles. The molecule has 0 atom stereocenters. The summed E-state index contributed by atoms with van der Waals surface area (Å²) in [5, 5.41) is 12.9. The average Bonchev–Trinajstić information content (AvgIpc) is 2.79. The van der Waals surface area contributed by atoms with Gasteiger partial charge in [0.1, 0.15) is 5.75 Å². The molecule has 2 rings (SSSR count). The molecular weight excluding hydrogens is 230 g/mol. The molecule has 0 heterocycles. The van der Waals surface area contributed by atoms with Crippen molar-refractivity contribution in [3.05, 3.63) is 29.8 Å². The molecule has 94 valence electrons. The van der Waals surface area contributed by atoms with E-state index in [-0.39, 0.29) is 0 Å². The smallest absolute Gasteiger partial charge is 0.115 e. The largest absolute Gasteiger partial charge is 0.508 e. The van der Waals surface area contributed by atoms with Gasteiger partial charge in [0, 0.05) is 17.8 Å². The van der Waals surface area contributed by atoms with Gasteiger partial charge in [0.15, 0.2) is 0 Å². The Morgan fingerprint density at radius 3 is 2.76 bits per heavy atom. The van der Waals surface area contributed by atoms with Gasteiger partial charge in [-0.1, -0.05) is 25.0 Å². The molecule has 17 heavy (non-hydrogen) atoms. The van der Waals surface area contributed by atoms with Crippen LogP contribution in [0, 0.1) is 0 Å². The fraction of sp³-hybridized carbons (Fsp3) is 0.571. The fourth-order valence-corrected chi connectivity index (χ4v) is 3.52. The van der Waals surface area contributed by atoms with E-state index in [0.29, 0.717) is 10.5 Å². The van der Waals surface area contributed by atoms with Gasteiger partial charge in [-0.2, -0.15) is 11.8 Å². The summed E-state index contributed by atoms with van der Waals surface area (Å²) in [5.41, 5.74) is 1.15. The highest BCUT2D eigenvalue weighted by Crippen LogP contribution is 2.39. The van der Waals surface area contributed by atoms with Gasteiger partial charge in [-0.15, -0.1) is 0 Å². The predicted molar refractivity (Wildman–Crippen MR) is 74.5 cm³/mol. The first-order chi connectivity index (χ1) is 8.24. The van der Waals surface area contributed by atoms with E-state index in [1.165, 1.54) is 25.7 Å². The maximum atomic E-state index is 9.39. The fourth-order valence-electron chi connectivity index (χ4n) is 2.57. The first-order valence-electron chi connectivity index (χ1n) is 6.28. The van der Waals surface area contributed by atoms with Gasteiger partial charge in [-0.3, -0.25) is 0 Å². The molecule has 1 fully saturated rings. The topological polar surface area (TPSA) is 32.3 Å². The molecule has 1 aromatic rings. The van der Waals surface area contributed by atoms with Gasteiger partial charge in [0.2, 0.25) is 0 Å². The van der Waals surface area contributed by atoms with Crippen molar-refractivity contribution in [3.63, 3.8) is 0 Å². The van der Waals surface area contributed by atoms with Gasteiger partial charge in [-0.05, 0) is 36.8 Å². The Morgan fingerprint density at radius 2 is 2.12 bits per heavy atom. The lowest BCUT2D eigenvalue weighted by Gasteiger charge is -2.27. The van der Waals surface area contributed by atoms with E-state index in [4.69, 9.17) is 0 Å². The molecule has 0 bridgehead atoms. The van der Waals surface area contributed by atoms with Crippen molar-refractivity contribution in [1.82, 2.24) is 5.32 Å². The molecule has 0 aromatic heterocycles. The van der Waals surface area contributed by atoms with E-state index in [0.717, 1.165) is 18.7 Å². The summed E-state index contributed by atoms with van der Waals surface area (Å²) in [6, 6.07) is 7.48. The first-order valence-corrected chi connectivity index (χ1v) is 7.50. The first kappa shape index (κ1) is 12.8. The number of rotatable bonds is 5. The van der Waals surface area contributed by atoms with Crippen molar-refractivity contribution in [1.29, 1.82) is 0 Å². The van der Waals surface area contributed by atoms with Crippen LogP contribution in [0.3, 0.4) is 0 Å². The Hall–Kier alpha value is -0.670. The second-order valence-corrected chi connectivity index (χ2v) is 6.14. The summed E-state index contributed by atoms with van der Waals surface area (Å²) >= 11 is 2.01. The molecular formula is C14H21NOS. The van der Waals surface area contributed by atoms with Gasteiger partial charge >= 0.3 is 0 Å². The molecule has 2 nitrogen and oxygen atoms in total. The van der Waals surface area contributed by atoms with Crippen LogP contribution in [0.15, 0.2) is 24.3 Å². The summed E-state index contributed by atoms with van der Waals surface area (Å²) in [7, 11) is 0. The number of nitrogens with one attached hydrogen (secondary N) is 1. The monoisotopic (exact) mass is 251 g/mol. The van der Waals surface area contributed by atoms with E-state index in [1.54, 1.807) is 6.07 Å². The van der Waals surface area contributed by atoms with Crippen LogP contribution in [-0.4, -0.2) is 22.7 Å². The van der Waals surface area contributed by atoms with Gasteiger partial charge in [-0.25, -0.2) is 0 Å². The Morgan fingerprint density at radius 1 is 1.35 bits per heavy atom. The van der Waals surface area contributed by atoms with Crippen molar-refractivity contribution in [3.8, 4) is 5.75 Å². The lowest BCUT2D eigenvalue weighted by atomic mass is 10.1. The summed E-state index contributed by atoms with van der Waals surface area (Å²) in [6.07, 6.45) is 7.63. The van der Waals surface area contributed by atoms with E-state index >= 15 is 0 Å². The van der Waals surface area contributed by atoms with Crippen LogP contribution >= 0.6 is 11.8 Å². The molecule has 1 saturated carbocycles. The molecule has 3 heteroatoms. The van der Waals surface area contributed by atoms with Crippen molar-refractivity contribution in [2.75, 3.05) is 12.8 Å². The zero-order chi connectivity index (χ0) is 12.1. The lowest BCUT2D eigenvalue weighted by molar-refractivity contribution is 0.473. The Kier molecular flexibility index (Phi) is 4.35. The molecule has 0 spiro atoms. The van der Waals surface area contributed by atoms with Crippen LogP contribution < -0.4 is 5.32 Å². The number of thioether (sulfide) groups is 1. The molecule has 0 unspecified atom stereocenters. The highest BCUT2D eigenvalue weighted by molar-refractivity contribution is 8.00. The summed E-state index contributed by atoms with van der Waals surface area (Å²) < 4.78 is 0.455. The Bertz CT molecular complexity index is 361. The maximum Gasteiger partial charge on any atom is 0.115 e. The van der Waals surface area contributed by atoms with E-state index in [2.05, 4.69) is 11.6 Å². The molecule has 0 amide bonds. The summed E-state index contributed by atoms with van der Waals surface area (Å²) in [4.78, 5) is 0. The summed E-state index contributed by atoms with van der Waals surface area (Å²) in [6.45, 7) is 1.92. The van der Waals surface area contributed by atoms with E-state index in [9.17, 15) is 5.11 Å². The second-order valence-electron chi connectivity index (χ2n) is 4.87. The van der Waals surface area contributed by atoms with Crippen molar-refractivity contribution in [2.45, 2.75) is 37.0 Å². The van der Waals surface area contributed by atoms with E-state index < -0.39 is 0 Å². The standard InChI is InChI=1S/C14H21NOS/c1-17-14(7-2-3-8-14)11-15-10-12-5-4-6-13(16)9-12/h4-6,9,15-16H,2-3,7-8,10-11H2,1H3. The molecule has 0 saturated heterocycles. The van der Waals surface area contributed by atoms with Crippen LogP contribution in [0.5, 0.6) is 5.75 Å². The van der Waals surface area contributed by atoms with Gasteiger partial charge in [0.25, 0.3) is 0 Å². The third kappa shape index (κ3) is 3.39. The maximum absolute atomic E-state index is 9.39. The van der Waals surface area contributed by atoms with Crippen LogP contribution in [0.4, 0.5) is 0 Å². The van der Waals surface area contributed by atoms with Crippen molar-refractivity contribution < 1.29 is 5.11 Å². The van der Waals surface area contributed by atoms with Gasteiger partial charge in [0.05, 0.1) is 0 Å². The zero-order valence-corrected chi connectivity index (χ0v) is 11.2. The normalized spacial score (nSPS) is 18.4. The highest BCUT2D eigenvalue weighted by Gasteiger charge is 2.32. The van der Waals surface area contributed by atoms with Crippen molar-refractivity contribution in [2.24, 2.45) is 0 Å². The van der Waals surface area contributed by atoms with Gasteiger partial charge < -0.3 is 10.4 Å². The van der Waals surface area contributed by atoms with Crippen LogP contribution in [0.2, 0.25) is 0 Å². The molecule has 1 aromatic carbocycles. The molecule has 1 aliphatic carbocycles. The third-order valence-electron chi connectivity index (χ3n) is 3.63. The quantitative estimate of drug-likeness (QED) is 0.843. The number of hydrogen-bond donors (Lipinski definition) is 2. The van der Waals surface area contributed by atoms with Crippen LogP contribution in [-0.2, 0) is 6.54 Å². The van der Waals surface area contributed by atoms with E-state index in [1.807, 2.05) is 30.0 Å². The number of hydrogen-bond acceptors (Lipinski definition) is 3. The number of phenols is 1. The predicted octanol–water partition coefficient (Wildman–Crippen LogP) is 3.16. The Balaban J connectivity index is 1.82. The Labute approximate surface area is 108 Å². The molecule has 1 aliphatic rings. The third-order valence-corrected chi connectivity index (χ3v) is 5.05.